The number of hydrogen-bond acceptors (Lipinski definition) is 4. The lowest BCUT2D eigenvalue weighted by Gasteiger charge is -2.26. The van der Waals surface area contributed by atoms with E-state index >= 15 is 0 Å². The summed E-state index contributed by atoms with van der Waals surface area (Å²) in [5.41, 5.74) is 0.0508. The first-order chi connectivity index (χ1) is 9.29. The highest BCUT2D eigenvalue weighted by Gasteiger charge is 2.33. The summed E-state index contributed by atoms with van der Waals surface area (Å²) in [6, 6.07) is 1.03. The summed E-state index contributed by atoms with van der Waals surface area (Å²) >= 11 is 0. The molecule has 0 radical (unpaired) electrons. The second-order valence-electron chi connectivity index (χ2n) is 5.52. The molecule has 1 saturated heterocycles. The summed E-state index contributed by atoms with van der Waals surface area (Å²) in [7, 11) is 0. The third-order valence-electron chi connectivity index (χ3n) is 4.08. The van der Waals surface area contributed by atoms with E-state index < -0.39 is 0 Å². The fraction of sp³-hybridized carbons (Fsp3) is 0.714. The van der Waals surface area contributed by atoms with Crippen LogP contribution in [0.25, 0.3) is 0 Å². The van der Waals surface area contributed by atoms with E-state index in [1.807, 2.05) is 6.92 Å². The third kappa shape index (κ3) is 2.66. The van der Waals surface area contributed by atoms with Crippen molar-refractivity contribution in [2.45, 2.75) is 51.2 Å². The molecule has 1 aromatic rings. The second kappa shape index (κ2) is 5.33. The van der Waals surface area contributed by atoms with Crippen LogP contribution in [0.15, 0.2) is 17.2 Å². The van der Waals surface area contributed by atoms with Gasteiger partial charge in [-0.15, -0.1) is 0 Å². The molecule has 2 heterocycles. The zero-order chi connectivity index (χ0) is 13.2. The molecule has 1 aliphatic heterocycles. The summed E-state index contributed by atoms with van der Waals surface area (Å²) < 4.78 is 1.74. The average Bonchev–Trinajstić information content (AvgIpc) is 3.14. The molecule has 1 N–H and O–H groups in total. The van der Waals surface area contributed by atoms with Crippen molar-refractivity contribution < 1.29 is 0 Å². The van der Waals surface area contributed by atoms with Crippen LogP contribution in [0, 0.1) is 0 Å². The van der Waals surface area contributed by atoms with E-state index in [2.05, 4.69) is 15.2 Å². The Morgan fingerprint density at radius 2 is 2.32 bits per heavy atom. The van der Waals surface area contributed by atoms with Crippen molar-refractivity contribution in [3.05, 3.63) is 22.7 Å². The number of hydrogen-bond donors (Lipinski definition) is 1. The van der Waals surface area contributed by atoms with Crippen LogP contribution in [-0.4, -0.2) is 34.7 Å². The first-order valence-electron chi connectivity index (χ1n) is 7.35. The Hall–Kier alpha value is -1.36. The first-order valence-corrected chi connectivity index (χ1v) is 7.35. The molecule has 0 bridgehead atoms. The maximum Gasteiger partial charge on any atom is 0.293 e. The van der Waals surface area contributed by atoms with Gasteiger partial charge in [-0.1, -0.05) is 0 Å². The van der Waals surface area contributed by atoms with Crippen LogP contribution >= 0.6 is 0 Å². The molecule has 0 spiro atoms. The van der Waals surface area contributed by atoms with E-state index in [4.69, 9.17) is 0 Å². The summed E-state index contributed by atoms with van der Waals surface area (Å²) in [6.07, 6.45) is 8.34. The lowest BCUT2D eigenvalue weighted by molar-refractivity contribution is 0.570. The van der Waals surface area contributed by atoms with Crippen LogP contribution < -0.4 is 15.8 Å². The number of anilines is 1. The van der Waals surface area contributed by atoms with Crippen LogP contribution in [0.1, 0.15) is 32.6 Å². The Morgan fingerprint density at radius 1 is 1.47 bits per heavy atom. The molecular weight excluding hydrogens is 240 g/mol. The van der Waals surface area contributed by atoms with Gasteiger partial charge >= 0.3 is 0 Å². The van der Waals surface area contributed by atoms with E-state index in [1.54, 1.807) is 17.0 Å². The summed E-state index contributed by atoms with van der Waals surface area (Å²) in [5.74, 6) is 0.639. The monoisotopic (exact) mass is 262 g/mol. The van der Waals surface area contributed by atoms with Gasteiger partial charge in [0.1, 0.15) is 0 Å². The maximum atomic E-state index is 12.4. The summed E-state index contributed by atoms with van der Waals surface area (Å²) in [4.78, 5) is 19.0. The van der Waals surface area contributed by atoms with Crippen molar-refractivity contribution in [3.63, 3.8) is 0 Å². The minimum atomic E-state index is 0.0508. The number of rotatable bonds is 5. The average molecular weight is 262 g/mol. The Kier molecular flexibility index (Phi) is 3.55. The van der Waals surface area contributed by atoms with Crippen LogP contribution in [0.2, 0.25) is 0 Å². The largest absolute Gasteiger partial charge is 0.347 e. The van der Waals surface area contributed by atoms with Crippen molar-refractivity contribution in [2.75, 3.05) is 18.0 Å². The molecule has 1 saturated carbocycles. The predicted molar refractivity (Wildman–Crippen MR) is 75.6 cm³/mol. The number of nitrogens with one attached hydrogen (secondary N) is 1. The zero-order valence-electron chi connectivity index (χ0n) is 11.5. The second-order valence-corrected chi connectivity index (χ2v) is 5.52. The minimum Gasteiger partial charge on any atom is -0.347 e. The summed E-state index contributed by atoms with van der Waals surface area (Å²) in [6.45, 7) is 4.71. The molecule has 0 amide bonds. The fourth-order valence-corrected chi connectivity index (χ4v) is 2.83. The van der Waals surface area contributed by atoms with Gasteiger partial charge in [-0.25, -0.2) is 4.98 Å². The molecule has 1 aromatic heterocycles. The molecule has 104 valence electrons. The molecule has 5 heteroatoms. The van der Waals surface area contributed by atoms with Gasteiger partial charge in [-0.3, -0.25) is 4.79 Å². The normalized spacial score (nSPS) is 22.7. The molecular formula is C14H22N4O. The lowest BCUT2D eigenvalue weighted by atomic mass is 10.2. The predicted octanol–water partition coefficient (Wildman–Crippen LogP) is 0.984. The van der Waals surface area contributed by atoms with Crippen molar-refractivity contribution in [3.8, 4) is 0 Å². The van der Waals surface area contributed by atoms with Crippen LogP contribution in [0.4, 0.5) is 5.82 Å². The molecule has 1 atom stereocenters. The molecule has 3 rings (SSSR count). The van der Waals surface area contributed by atoms with Gasteiger partial charge in [0.05, 0.1) is 0 Å². The maximum absolute atomic E-state index is 12.4. The van der Waals surface area contributed by atoms with Gasteiger partial charge in [0, 0.05) is 37.6 Å². The smallest absolute Gasteiger partial charge is 0.293 e. The fourth-order valence-electron chi connectivity index (χ4n) is 2.83. The lowest BCUT2D eigenvalue weighted by Crippen LogP contribution is -2.42. The topological polar surface area (TPSA) is 50.2 Å². The molecule has 0 aromatic carbocycles. The molecule has 1 unspecified atom stereocenters. The zero-order valence-corrected chi connectivity index (χ0v) is 11.5. The van der Waals surface area contributed by atoms with Gasteiger partial charge in [0.15, 0.2) is 5.82 Å². The van der Waals surface area contributed by atoms with Gasteiger partial charge in [0.2, 0.25) is 0 Å². The quantitative estimate of drug-likeness (QED) is 0.859. The van der Waals surface area contributed by atoms with Gasteiger partial charge in [-0.05, 0) is 39.2 Å². The van der Waals surface area contributed by atoms with E-state index in [0.717, 1.165) is 13.1 Å². The Bertz CT molecular complexity index is 488. The summed E-state index contributed by atoms with van der Waals surface area (Å²) in [5, 5.41) is 3.51. The Labute approximate surface area is 113 Å². The van der Waals surface area contributed by atoms with Crippen LogP contribution in [0.5, 0.6) is 0 Å². The minimum absolute atomic E-state index is 0.0508. The highest BCUT2D eigenvalue weighted by molar-refractivity contribution is 5.39. The Morgan fingerprint density at radius 3 is 2.95 bits per heavy atom. The first kappa shape index (κ1) is 12.7. The highest BCUT2D eigenvalue weighted by atomic mass is 16.1. The van der Waals surface area contributed by atoms with Gasteiger partial charge in [-0.2, -0.15) is 0 Å². The van der Waals surface area contributed by atoms with Gasteiger partial charge in [0.25, 0.3) is 5.56 Å². The highest BCUT2D eigenvalue weighted by Crippen LogP contribution is 2.29. The molecule has 1 aliphatic carbocycles. The van der Waals surface area contributed by atoms with Crippen molar-refractivity contribution in [1.82, 2.24) is 14.9 Å². The number of aromatic nitrogens is 2. The SMILES string of the molecule is CCn1ccnc(N(CC2CCCN2)C2CC2)c1=O. The van der Waals surface area contributed by atoms with Crippen molar-refractivity contribution in [2.24, 2.45) is 0 Å². The standard InChI is InChI=1S/C14H22N4O/c1-2-17-9-8-16-13(14(17)19)18(12-5-6-12)10-11-4-3-7-15-11/h8-9,11-12,15H,2-7,10H2,1H3. The van der Waals surface area contributed by atoms with E-state index in [9.17, 15) is 4.79 Å². The van der Waals surface area contributed by atoms with E-state index in [-0.39, 0.29) is 5.56 Å². The third-order valence-corrected chi connectivity index (χ3v) is 4.08. The van der Waals surface area contributed by atoms with Crippen molar-refractivity contribution >= 4 is 5.82 Å². The molecule has 5 nitrogen and oxygen atoms in total. The molecule has 2 fully saturated rings. The van der Waals surface area contributed by atoms with E-state index in [1.165, 1.54) is 25.7 Å². The van der Waals surface area contributed by atoms with Gasteiger partial charge < -0.3 is 14.8 Å². The van der Waals surface area contributed by atoms with Crippen LogP contribution in [-0.2, 0) is 6.54 Å². The molecule has 2 aliphatic rings. The molecule has 19 heavy (non-hydrogen) atoms. The number of nitrogens with zero attached hydrogens (tertiary/aromatic N) is 3. The van der Waals surface area contributed by atoms with Crippen molar-refractivity contribution in [1.29, 1.82) is 0 Å². The Balaban J connectivity index is 1.85. The van der Waals surface area contributed by atoms with E-state index in [0.29, 0.717) is 24.4 Å². The number of aryl methyl sites for hydroxylation is 1. The van der Waals surface area contributed by atoms with Crippen LogP contribution in [0.3, 0.4) is 0 Å².